The normalized spacial score (nSPS) is 24.1. The van der Waals surface area contributed by atoms with Crippen LogP contribution in [0.25, 0.3) is 0 Å². The summed E-state index contributed by atoms with van der Waals surface area (Å²) in [6, 6.07) is 0. The number of rotatable bonds is 4. The van der Waals surface area contributed by atoms with E-state index in [0.717, 1.165) is 57.9 Å². The second kappa shape index (κ2) is 6.89. The Hall–Kier alpha value is -0.940. The molecule has 2 saturated carbocycles. The Labute approximate surface area is 142 Å². The number of aromatic nitrogens is 1. The highest BCUT2D eigenvalue weighted by molar-refractivity contribution is 7.09. The molecule has 1 amide bonds. The lowest BCUT2D eigenvalue weighted by atomic mass is 10.1. The first-order chi connectivity index (χ1) is 11.3. The summed E-state index contributed by atoms with van der Waals surface area (Å²) in [5.41, 5.74) is 1.24. The summed E-state index contributed by atoms with van der Waals surface area (Å²) in [5, 5.41) is 3.61. The van der Waals surface area contributed by atoms with E-state index in [4.69, 9.17) is 4.98 Å². The maximum Gasteiger partial charge on any atom is 0.225 e. The minimum Gasteiger partial charge on any atom is -0.341 e. The number of nitrogens with zero attached hydrogens (tertiary/aromatic N) is 3. The first-order valence-electron chi connectivity index (χ1n) is 9.25. The molecule has 0 aromatic carbocycles. The topological polar surface area (TPSA) is 36.4 Å². The molecule has 0 radical (unpaired) electrons. The summed E-state index contributed by atoms with van der Waals surface area (Å²) in [6.45, 7) is 4.87. The monoisotopic (exact) mass is 333 g/mol. The van der Waals surface area contributed by atoms with E-state index >= 15 is 0 Å². The Bertz CT molecular complexity index is 548. The van der Waals surface area contributed by atoms with Crippen LogP contribution in [-0.2, 0) is 11.3 Å². The van der Waals surface area contributed by atoms with Crippen LogP contribution in [0.15, 0.2) is 5.38 Å². The van der Waals surface area contributed by atoms with Crippen LogP contribution in [0.5, 0.6) is 0 Å². The Kier molecular flexibility index (Phi) is 4.67. The van der Waals surface area contributed by atoms with Gasteiger partial charge < -0.3 is 4.90 Å². The SMILES string of the molecule is O=C(C1CC1)N1CCCN(Cc2csc(C3CCCC3)n2)CC1. The van der Waals surface area contributed by atoms with Crippen LogP contribution in [-0.4, -0.2) is 46.9 Å². The van der Waals surface area contributed by atoms with Crippen molar-refractivity contribution in [3.63, 3.8) is 0 Å². The number of carbonyl (C=O) groups is 1. The van der Waals surface area contributed by atoms with Crippen LogP contribution in [0.3, 0.4) is 0 Å². The Morgan fingerprint density at radius 1 is 1.09 bits per heavy atom. The lowest BCUT2D eigenvalue weighted by molar-refractivity contribution is -0.132. The van der Waals surface area contributed by atoms with E-state index in [2.05, 4.69) is 15.2 Å². The molecule has 4 rings (SSSR count). The summed E-state index contributed by atoms with van der Waals surface area (Å²) in [7, 11) is 0. The molecule has 0 unspecified atom stereocenters. The van der Waals surface area contributed by atoms with Crippen molar-refractivity contribution in [3.05, 3.63) is 16.1 Å². The minimum atomic E-state index is 0.356. The van der Waals surface area contributed by atoms with Gasteiger partial charge in [-0.2, -0.15) is 0 Å². The zero-order chi connectivity index (χ0) is 15.6. The Morgan fingerprint density at radius 3 is 2.70 bits per heavy atom. The van der Waals surface area contributed by atoms with Gasteiger partial charge in [-0.15, -0.1) is 11.3 Å². The smallest absolute Gasteiger partial charge is 0.225 e. The molecule has 1 aromatic heterocycles. The maximum absolute atomic E-state index is 12.2. The van der Waals surface area contributed by atoms with Crippen molar-refractivity contribution in [1.82, 2.24) is 14.8 Å². The van der Waals surface area contributed by atoms with E-state index in [1.54, 1.807) is 0 Å². The van der Waals surface area contributed by atoms with E-state index in [9.17, 15) is 4.79 Å². The van der Waals surface area contributed by atoms with Gasteiger partial charge >= 0.3 is 0 Å². The lowest BCUT2D eigenvalue weighted by Gasteiger charge is -2.21. The predicted octanol–water partition coefficient (Wildman–Crippen LogP) is 3.25. The molecule has 4 nitrogen and oxygen atoms in total. The summed E-state index contributed by atoms with van der Waals surface area (Å²) in [4.78, 5) is 21.7. The van der Waals surface area contributed by atoms with E-state index in [-0.39, 0.29) is 0 Å². The number of carbonyl (C=O) groups excluding carboxylic acids is 1. The average Bonchev–Trinajstić information content (AvgIpc) is 3.15. The number of thiazole rings is 1. The third-order valence-electron chi connectivity index (χ3n) is 5.49. The maximum atomic E-state index is 12.2. The molecular formula is C18H27N3OS. The van der Waals surface area contributed by atoms with Crippen LogP contribution in [0, 0.1) is 5.92 Å². The van der Waals surface area contributed by atoms with E-state index in [0.29, 0.717) is 11.8 Å². The molecule has 126 valence electrons. The van der Waals surface area contributed by atoms with Gasteiger partial charge in [0.05, 0.1) is 10.7 Å². The van der Waals surface area contributed by atoms with Gasteiger partial charge in [-0.1, -0.05) is 12.8 Å². The van der Waals surface area contributed by atoms with Gasteiger partial charge in [0.2, 0.25) is 5.91 Å². The molecule has 1 aliphatic heterocycles. The van der Waals surface area contributed by atoms with Gasteiger partial charge in [0, 0.05) is 49.9 Å². The zero-order valence-electron chi connectivity index (χ0n) is 13.9. The highest BCUT2D eigenvalue weighted by Crippen LogP contribution is 2.35. The summed E-state index contributed by atoms with van der Waals surface area (Å²) < 4.78 is 0. The molecule has 3 aliphatic rings. The largest absolute Gasteiger partial charge is 0.341 e. The van der Waals surface area contributed by atoms with Crippen LogP contribution < -0.4 is 0 Å². The van der Waals surface area contributed by atoms with Gasteiger partial charge in [0.25, 0.3) is 0 Å². The minimum absolute atomic E-state index is 0.356. The average molecular weight is 334 g/mol. The van der Waals surface area contributed by atoms with Gasteiger partial charge in [-0.3, -0.25) is 9.69 Å². The highest BCUT2D eigenvalue weighted by Gasteiger charge is 2.33. The fourth-order valence-electron chi connectivity index (χ4n) is 3.92. The van der Waals surface area contributed by atoms with Crippen molar-refractivity contribution in [2.45, 2.75) is 57.4 Å². The molecule has 3 fully saturated rings. The third kappa shape index (κ3) is 3.77. The van der Waals surface area contributed by atoms with Gasteiger partial charge in [0.1, 0.15) is 0 Å². The van der Waals surface area contributed by atoms with E-state index < -0.39 is 0 Å². The second-order valence-electron chi connectivity index (χ2n) is 7.39. The van der Waals surface area contributed by atoms with Crippen molar-refractivity contribution >= 4 is 17.2 Å². The van der Waals surface area contributed by atoms with Crippen LogP contribution in [0.4, 0.5) is 0 Å². The van der Waals surface area contributed by atoms with Gasteiger partial charge in [-0.25, -0.2) is 4.98 Å². The van der Waals surface area contributed by atoms with Gasteiger partial charge in [-0.05, 0) is 32.1 Å². The Balaban J connectivity index is 1.31. The van der Waals surface area contributed by atoms with Crippen molar-refractivity contribution < 1.29 is 4.79 Å². The molecular weight excluding hydrogens is 306 g/mol. The van der Waals surface area contributed by atoms with E-state index in [1.807, 2.05) is 11.3 Å². The molecule has 1 aromatic rings. The lowest BCUT2D eigenvalue weighted by Crippen LogP contribution is -2.36. The van der Waals surface area contributed by atoms with Crippen LogP contribution >= 0.6 is 11.3 Å². The fraction of sp³-hybridized carbons (Fsp3) is 0.778. The first-order valence-corrected chi connectivity index (χ1v) is 10.1. The quantitative estimate of drug-likeness (QED) is 0.849. The Morgan fingerprint density at radius 2 is 1.91 bits per heavy atom. The molecule has 2 aliphatic carbocycles. The molecule has 23 heavy (non-hydrogen) atoms. The molecule has 0 spiro atoms. The number of hydrogen-bond donors (Lipinski definition) is 0. The highest BCUT2D eigenvalue weighted by atomic mass is 32.1. The summed E-state index contributed by atoms with van der Waals surface area (Å²) >= 11 is 1.86. The molecule has 5 heteroatoms. The molecule has 2 heterocycles. The number of hydrogen-bond acceptors (Lipinski definition) is 4. The second-order valence-corrected chi connectivity index (χ2v) is 8.28. The number of amides is 1. The van der Waals surface area contributed by atoms with Crippen LogP contribution in [0.1, 0.15) is 61.6 Å². The molecule has 0 bridgehead atoms. The van der Waals surface area contributed by atoms with Crippen LogP contribution in [0.2, 0.25) is 0 Å². The van der Waals surface area contributed by atoms with Crippen molar-refractivity contribution in [2.75, 3.05) is 26.2 Å². The first kappa shape index (κ1) is 15.6. The molecule has 0 N–H and O–H groups in total. The molecule has 1 saturated heterocycles. The van der Waals surface area contributed by atoms with Crippen molar-refractivity contribution in [2.24, 2.45) is 5.92 Å². The van der Waals surface area contributed by atoms with Crippen molar-refractivity contribution in [1.29, 1.82) is 0 Å². The third-order valence-corrected chi connectivity index (χ3v) is 6.54. The summed E-state index contributed by atoms with van der Waals surface area (Å²) in [5.74, 6) is 1.49. The van der Waals surface area contributed by atoms with Crippen molar-refractivity contribution in [3.8, 4) is 0 Å². The zero-order valence-corrected chi connectivity index (χ0v) is 14.7. The summed E-state index contributed by atoms with van der Waals surface area (Å²) in [6.07, 6.45) is 8.72. The fourth-order valence-corrected chi connectivity index (χ4v) is 4.90. The van der Waals surface area contributed by atoms with Gasteiger partial charge in [0.15, 0.2) is 0 Å². The molecule has 0 atom stereocenters. The standard InChI is InChI=1S/C18H27N3OS/c22-18(15-6-7-15)21-9-3-8-20(10-11-21)12-16-13-23-17(19-16)14-4-1-2-5-14/h13-15H,1-12H2. The van der Waals surface area contributed by atoms with E-state index in [1.165, 1.54) is 36.4 Å². The predicted molar refractivity (Wildman–Crippen MR) is 92.5 cm³/mol.